The average Bonchev–Trinajstić information content (AvgIpc) is 2.48. The Morgan fingerprint density at radius 1 is 1.00 bits per heavy atom. The zero-order chi connectivity index (χ0) is 14.4. The zero-order valence-corrected chi connectivity index (χ0v) is 11.9. The number of hydrogen-bond donors (Lipinski definition) is 2. The minimum Gasteiger partial charge on any atom is -0.376 e. The molecule has 0 bridgehead atoms. The van der Waals surface area contributed by atoms with Crippen LogP contribution in [0.5, 0.6) is 0 Å². The SMILES string of the molecule is Cc1cccc(NCC(=O)NCc2ccccc2)c1C. The standard InChI is InChI=1S/C17H20N2O/c1-13-7-6-10-16(14(13)2)18-12-17(20)19-11-15-8-4-3-5-9-15/h3-10,18H,11-12H2,1-2H3,(H,19,20). The van der Waals surface area contributed by atoms with Gasteiger partial charge in [0.25, 0.3) is 0 Å². The fourth-order valence-electron chi connectivity index (χ4n) is 1.98. The molecule has 2 rings (SSSR count). The number of carbonyl (C=O) groups is 1. The first-order chi connectivity index (χ1) is 9.66. The van der Waals surface area contributed by atoms with E-state index < -0.39 is 0 Å². The van der Waals surface area contributed by atoms with Crippen molar-refractivity contribution < 1.29 is 4.79 Å². The molecular formula is C17H20N2O. The van der Waals surface area contributed by atoms with Crippen LogP contribution in [0.25, 0.3) is 0 Å². The van der Waals surface area contributed by atoms with Gasteiger partial charge >= 0.3 is 0 Å². The van der Waals surface area contributed by atoms with Crippen LogP contribution in [0.1, 0.15) is 16.7 Å². The Labute approximate surface area is 120 Å². The van der Waals surface area contributed by atoms with Crippen LogP contribution in [0.3, 0.4) is 0 Å². The highest BCUT2D eigenvalue weighted by Gasteiger charge is 2.04. The van der Waals surface area contributed by atoms with Crippen LogP contribution >= 0.6 is 0 Å². The van der Waals surface area contributed by atoms with Gasteiger partial charge in [0.2, 0.25) is 5.91 Å². The molecule has 3 heteroatoms. The number of rotatable bonds is 5. The lowest BCUT2D eigenvalue weighted by molar-refractivity contribution is -0.119. The lowest BCUT2D eigenvalue weighted by Gasteiger charge is -2.11. The van der Waals surface area contributed by atoms with Crippen molar-refractivity contribution in [1.29, 1.82) is 0 Å². The molecule has 0 aliphatic rings. The van der Waals surface area contributed by atoms with Gasteiger partial charge in [-0.1, -0.05) is 42.5 Å². The third-order valence-electron chi connectivity index (χ3n) is 3.38. The lowest BCUT2D eigenvalue weighted by Crippen LogP contribution is -2.29. The molecule has 2 N–H and O–H groups in total. The van der Waals surface area contributed by atoms with Gasteiger partial charge in [0, 0.05) is 12.2 Å². The maximum atomic E-state index is 11.8. The summed E-state index contributed by atoms with van der Waals surface area (Å²) in [5.41, 5.74) is 4.52. The Balaban J connectivity index is 1.82. The molecule has 0 saturated heterocycles. The van der Waals surface area contributed by atoms with Crippen molar-refractivity contribution in [2.24, 2.45) is 0 Å². The van der Waals surface area contributed by atoms with E-state index >= 15 is 0 Å². The summed E-state index contributed by atoms with van der Waals surface area (Å²) in [6.07, 6.45) is 0. The summed E-state index contributed by atoms with van der Waals surface area (Å²) in [5.74, 6) is -0.00485. The minimum atomic E-state index is -0.00485. The van der Waals surface area contributed by atoms with Gasteiger partial charge in [-0.05, 0) is 36.6 Å². The molecule has 104 valence electrons. The summed E-state index contributed by atoms with van der Waals surface area (Å²) >= 11 is 0. The molecular weight excluding hydrogens is 248 g/mol. The quantitative estimate of drug-likeness (QED) is 0.875. The largest absolute Gasteiger partial charge is 0.376 e. The van der Waals surface area contributed by atoms with E-state index in [4.69, 9.17) is 0 Å². The first kappa shape index (κ1) is 14.1. The van der Waals surface area contributed by atoms with E-state index in [2.05, 4.69) is 30.5 Å². The molecule has 2 aromatic carbocycles. The number of aryl methyl sites for hydroxylation is 1. The van der Waals surface area contributed by atoms with Gasteiger partial charge in [0.1, 0.15) is 0 Å². The van der Waals surface area contributed by atoms with E-state index in [1.54, 1.807) is 0 Å². The highest BCUT2D eigenvalue weighted by molar-refractivity contribution is 5.81. The second kappa shape index (κ2) is 6.75. The molecule has 0 spiro atoms. The van der Waals surface area contributed by atoms with E-state index in [1.165, 1.54) is 11.1 Å². The van der Waals surface area contributed by atoms with Crippen molar-refractivity contribution in [2.45, 2.75) is 20.4 Å². The van der Waals surface area contributed by atoms with Crippen molar-refractivity contribution in [3.05, 3.63) is 65.2 Å². The van der Waals surface area contributed by atoms with Crippen LogP contribution in [0.15, 0.2) is 48.5 Å². The van der Waals surface area contributed by atoms with Crippen molar-refractivity contribution >= 4 is 11.6 Å². The first-order valence-corrected chi connectivity index (χ1v) is 6.77. The van der Waals surface area contributed by atoms with Gasteiger partial charge in [0.05, 0.1) is 6.54 Å². The summed E-state index contributed by atoms with van der Waals surface area (Å²) in [5, 5.41) is 6.08. The van der Waals surface area contributed by atoms with Crippen LogP contribution in [0.2, 0.25) is 0 Å². The van der Waals surface area contributed by atoms with Crippen LogP contribution in [0, 0.1) is 13.8 Å². The molecule has 0 unspecified atom stereocenters. The maximum absolute atomic E-state index is 11.8. The third kappa shape index (κ3) is 3.85. The summed E-state index contributed by atoms with van der Waals surface area (Å²) in [7, 11) is 0. The van der Waals surface area contributed by atoms with Crippen molar-refractivity contribution in [1.82, 2.24) is 5.32 Å². The molecule has 20 heavy (non-hydrogen) atoms. The van der Waals surface area contributed by atoms with Gasteiger partial charge in [-0.25, -0.2) is 0 Å². The number of amides is 1. The fraction of sp³-hybridized carbons (Fsp3) is 0.235. The van der Waals surface area contributed by atoms with Crippen LogP contribution in [-0.4, -0.2) is 12.5 Å². The second-order valence-corrected chi connectivity index (χ2v) is 4.86. The molecule has 0 fully saturated rings. The molecule has 2 aromatic rings. The van der Waals surface area contributed by atoms with Crippen molar-refractivity contribution in [2.75, 3.05) is 11.9 Å². The molecule has 0 aliphatic carbocycles. The normalized spacial score (nSPS) is 10.1. The summed E-state index contributed by atoms with van der Waals surface area (Å²) < 4.78 is 0. The molecule has 0 radical (unpaired) electrons. The Morgan fingerprint density at radius 3 is 2.50 bits per heavy atom. The fourth-order valence-corrected chi connectivity index (χ4v) is 1.98. The van der Waals surface area contributed by atoms with Crippen molar-refractivity contribution in [3.63, 3.8) is 0 Å². The monoisotopic (exact) mass is 268 g/mol. The third-order valence-corrected chi connectivity index (χ3v) is 3.38. The number of carbonyl (C=O) groups excluding carboxylic acids is 1. The molecule has 3 nitrogen and oxygen atoms in total. The molecule has 0 aliphatic heterocycles. The zero-order valence-electron chi connectivity index (χ0n) is 11.9. The van der Waals surface area contributed by atoms with Crippen LogP contribution in [0.4, 0.5) is 5.69 Å². The number of anilines is 1. The van der Waals surface area contributed by atoms with E-state index in [0.717, 1.165) is 11.3 Å². The van der Waals surface area contributed by atoms with Gasteiger partial charge in [-0.3, -0.25) is 4.79 Å². The van der Waals surface area contributed by atoms with Gasteiger partial charge in [-0.15, -0.1) is 0 Å². The summed E-state index contributed by atoms with van der Waals surface area (Å²) in [6.45, 7) is 4.97. The van der Waals surface area contributed by atoms with E-state index in [1.807, 2.05) is 42.5 Å². The molecule has 0 heterocycles. The van der Waals surface area contributed by atoms with E-state index in [-0.39, 0.29) is 12.5 Å². The average molecular weight is 268 g/mol. The molecule has 1 amide bonds. The lowest BCUT2D eigenvalue weighted by atomic mass is 10.1. The predicted molar refractivity (Wildman–Crippen MR) is 82.7 cm³/mol. The van der Waals surface area contributed by atoms with Crippen LogP contribution in [-0.2, 0) is 11.3 Å². The van der Waals surface area contributed by atoms with E-state index in [9.17, 15) is 4.79 Å². The summed E-state index contributed by atoms with van der Waals surface area (Å²) in [4.78, 5) is 11.8. The van der Waals surface area contributed by atoms with Gasteiger partial charge in [-0.2, -0.15) is 0 Å². The highest BCUT2D eigenvalue weighted by Crippen LogP contribution is 2.17. The molecule has 0 aromatic heterocycles. The number of hydrogen-bond acceptors (Lipinski definition) is 2. The Kier molecular flexibility index (Phi) is 4.77. The van der Waals surface area contributed by atoms with Gasteiger partial charge < -0.3 is 10.6 Å². The topological polar surface area (TPSA) is 41.1 Å². The highest BCUT2D eigenvalue weighted by atomic mass is 16.1. The number of nitrogens with one attached hydrogen (secondary N) is 2. The minimum absolute atomic E-state index is 0.00485. The Morgan fingerprint density at radius 2 is 1.75 bits per heavy atom. The second-order valence-electron chi connectivity index (χ2n) is 4.86. The Bertz CT molecular complexity index is 579. The van der Waals surface area contributed by atoms with Crippen LogP contribution < -0.4 is 10.6 Å². The predicted octanol–water partition coefficient (Wildman–Crippen LogP) is 3.03. The number of benzene rings is 2. The van der Waals surface area contributed by atoms with Crippen molar-refractivity contribution in [3.8, 4) is 0 Å². The molecule has 0 atom stereocenters. The smallest absolute Gasteiger partial charge is 0.239 e. The van der Waals surface area contributed by atoms with Gasteiger partial charge in [0.15, 0.2) is 0 Å². The molecule has 0 saturated carbocycles. The first-order valence-electron chi connectivity index (χ1n) is 6.77. The Hall–Kier alpha value is -2.29. The summed E-state index contributed by atoms with van der Waals surface area (Å²) in [6, 6.07) is 15.9. The van der Waals surface area contributed by atoms with E-state index in [0.29, 0.717) is 6.54 Å². The maximum Gasteiger partial charge on any atom is 0.239 e.